The lowest BCUT2D eigenvalue weighted by Crippen LogP contribution is -2.19. The highest BCUT2D eigenvalue weighted by atomic mass is 32.2. The molecule has 2 aromatic rings. The molecule has 2 aromatic carbocycles. The molecular weight excluding hydrogens is 242 g/mol. The normalized spacial score (nSPS) is 15.5. The molecule has 0 N–H and O–H groups in total. The van der Waals surface area contributed by atoms with Crippen molar-refractivity contribution in [3.05, 3.63) is 48.0 Å². The van der Waals surface area contributed by atoms with E-state index in [0.717, 1.165) is 10.8 Å². The second-order valence-electron chi connectivity index (χ2n) is 5.13. The Morgan fingerprint density at radius 1 is 1.17 bits per heavy atom. The van der Waals surface area contributed by atoms with Crippen molar-refractivity contribution in [2.45, 2.75) is 25.5 Å². The second kappa shape index (κ2) is 5.02. The Labute approximate surface area is 112 Å². The fraction of sp³-hybridized carbons (Fsp3) is 0.267. The van der Waals surface area contributed by atoms with Gasteiger partial charge in [-0.25, -0.2) is 4.21 Å². The summed E-state index contributed by atoms with van der Waals surface area (Å²) >= 11 is 0. The fourth-order valence-corrected chi connectivity index (χ4v) is 1.95. The number of fused-ring (bicyclic) bond motifs is 1. The lowest BCUT2D eigenvalue weighted by molar-refractivity contribution is 0.651. The first-order valence-corrected chi connectivity index (χ1v) is 6.95. The van der Waals surface area contributed by atoms with Crippen LogP contribution in [0.2, 0.25) is 0 Å². The Bertz CT molecular complexity index is 658. The highest BCUT2D eigenvalue weighted by Gasteiger charge is 2.17. The summed E-state index contributed by atoms with van der Waals surface area (Å²) in [5.41, 5.74) is 0.691. The molecule has 0 amide bonds. The van der Waals surface area contributed by atoms with Crippen molar-refractivity contribution >= 4 is 27.9 Å². The summed E-state index contributed by atoms with van der Waals surface area (Å²) < 4.78 is 23.4. The summed E-state index contributed by atoms with van der Waals surface area (Å²) in [6, 6.07) is 13.6. The van der Waals surface area contributed by atoms with E-state index in [0.29, 0.717) is 5.56 Å². The smallest absolute Gasteiger partial charge is 0.144 e. The standard InChI is InChI=1S/C15H17NOS/c1-15(2,3)18(17)16-11-12-8-9-13-6-4-5-7-14(13)10-12/h4-11H,1-3H3/i11D. The van der Waals surface area contributed by atoms with Crippen LogP contribution in [-0.2, 0) is 11.0 Å². The van der Waals surface area contributed by atoms with Crippen LogP contribution in [0.4, 0.5) is 0 Å². The molecule has 0 aliphatic carbocycles. The first kappa shape index (κ1) is 11.6. The minimum atomic E-state index is -1.40. The minimum Gasteiger partial charge on any atom is -0.234 e. The number of hydrogen-bond donors (Lipinski definition) is 0. The molecule has 1 unspecified atom stereocenters. The molecule has 3 heteroatoms. The van der Waals surface area contributed by atoms with E-state index in [1.54, 1.807) is 0 Å². The molecule has 0 bridgehead atoms. The third-order valence-electron chi connectivity index (χ3n) is 2.53. The van der Waals surface area contributed by atoms with Gasteiger partial charge in [-0.1, -0.05) is 36.4 Å². The Kier molecular flexibility index (Phi) is 3.24. The predicted molar refractivity (Wildman–Crippen MR) is 79.4 cm³/mol. The molecule has 0 heterocycles. The van der Waals surface area contributed by atoms with Gasteiger partial charge in [-0.05, 0) is 43.2 Å². The quantitative estimate of drug-likeness (QED) is 0.757. The molecule has 2 rings (SSSR count). The van der Waals surface area contributed by atoms with Crippen LogP contribution in [0.15, 0.2) is 46.9 Å². The third-order valence-corrected chi connectivity index (χ3v) is 3.84. The molecule has 0 aliphatic rings. The minimum absolute atomic E-state index is 0.0685. The number of nitrogens with zero attached hydrogens (tertiary/aromatic N) is 1. The number of rotatable bonds is 2. The summed E-state index contributed by atoms with van der Waals surface area (Å²) in [7, 11) is -1.40. The second-order valence-corrected chi connectivity index (χ2v) is 7.03. The molecule has 0 radical (unpaired) electrons. The van der Waals surface area contributed by atoms with E-state index >= 15 is 0 Å². The average Bonchev–Trinajstić information content (AvgIpc) is 2.37. The van der Waals surface area contributed by atoms with Gasteiger partial charge in [-0.15, -0.1) is 0 Å². The Hall–Kier alpha value is -1.48. The topological polar surface area (TPSA) is 29.4 Å². The molecule has 94 valence electrons. The van der Waals surface area contributed by atoms with Gasteiger partial charge in [0.25, 0.3) is 0 Å². The SMILES string of the molecule is [2H]C(=NS(=O)C(C)(C)C)c1ccc2ccccc2c1. The predicted octanol–water partition coefficient (Wildman–Crippen LogP) is 3.72. The molecule has 1 atom stereocenters. The van der Waals surface area contributed by atoms with Gasteiger partial charge in [0.2, 0.25) is 0 Å². The van der Waals surface area contributed by atoms with E-state index in [2.05, 4.69) is 4.40 Å². The molecule has 0 spiro atoms. The van der Waals surface area contributed by atoms with Gasteiger partial charge in [-0.3, -0.25) is 0 Å². The van der Waals surface area contributed by atoms with Crippen LogP contribution in [0, 0.1) is 0 Å². The van der Waals surface area contributed by atoms with Crippen molar-refractivity contribution in [1.82, 2.24) is 0 Å². The van der Waals surface area contributed by atoms with E-state index < -0.39 is 15.7 Å². The molecule has 0 aliphatic heterocycles. The average molecular weight is 260 g/mol. The summed E-state index contributed by atoms with van der Waals surface area (Å²) in [6.45, 7) is 5.54. The van der Waals surface area contributed by atoms with E-state index in [-0.39, 0.29) is 6.19 Å². The first-order chi connectivity index (χ1) is 8.88. The van der Waals surface area contributed by atoms with Gasteiger partial charge >= 0.3 is 0 Å². The van der Waals surface area contributed by atoms with Crippen molar-refractivity contribution in [3.63, 3.8) is 0 Å². The number of hydrogen-bond acceptors (Lipinski definition) is 1. The van der Waals surface area contributed by atoms with Crippen molar-refractivity contribution < 1.29 is 5.58 Å². The zero-order valence-corrected chi connectivity index (χ0v) is 11.6. The zero-order chi connectivity index (χ0) is 14.0. The van der Waals surface area contributed by atoms with Crippen molar-refractivity contribution in [2.75, 3.05) is 0 Å². The fourth-order valence-electron chi connectivity index (χ4n) is 1.49. The Morgan fingerprint density at radius 3 is 2.50 bits per heavy atom. The van der Waals surface area contributed by atoms with Crippen LogP contribution >= 0.6 is 0 Å². The lowest BCUT2D eigenvalue weighted by Gasteiger charge is -2.12. The van der Waals surface area contributed by atoms with E-state index in [9.17, 15) is 4.21 Å². The largest absolute Gasteiger partial charge is 0.234 e. The van der Waals surface area contributed by atoms with Crippen molar-refractivity contribution in [3.8, 4) is 0 Å². The molecule has 0 aromatic heterocycles. The maximum atomic E-state index is 11.9. The highest BCUT2D eigenvalue weighted by Crippen LogP contribution is 2.16. The molecule has 0 fully saturated rings. The van der Waals surface area contributed by atoms with E-state index in [1.165, 1.54) is 0 Å². The molecule has 2 nitrogen and oxygen atoms in total. The zero-order valence-electron chi connectivity index (χ0n) is 11.8. The van der Waals surface area contributed by atoms with Crippen LogP contribution in [0.5, 0.6) is 0 Å². The van der Waals surface area contributed by atoms with Crippen molar-refractivity contribution in [2.24, 2.45) is 4.40 Å². The van der Waals surface area contributed by atoms with Gasteiger partial charge in [0.15, 0.2) is 0 Å². The van der Waals surface area contributed by atoms with E-state index in [1.807, 2.05) is 63.2 Å². The summed E-state index contributed by atoms with van der Waals surface area (Å²) in [6.07, 6.45) is 0.0685. The molecular formula is C15H17NOS. The van der Waals surface area contributed by atoms with Crippen LogP contribution in [-0.4, -0.2) is 15.1 Å². The lowest BCUT2D eigenvalue weighted by atomic mass is 10.1. The van der Waals surface area contributed by atoms with Crippen LogP contribution in [0.25, 0.3) is 10.8 Å². The third kappa shape index (κ3) is 3.05. The molecule has 0 saturated heterocycles. The summed E-state index contributed by atoms with van der Waals surface area (Å²) in [4.78, 5) is 0. The van der Waals surface area contributed by atoms with Crippen molar-refractivity contribution in [1.29, 1.82) is 0 Å². The summed E-state index contributed by atoms with van der Waals surface area (Å²) in [5, 5.41) is 2.18. The highest BCUT2D eigenvalue weighted by molar-refractivity contribution is 7.85. The monoisotopic (exact) mass is 260 g/mol. The van der Waals surface area contributed by atoms with Crippen LogP contribution in [0.1, 0.15) is 27.7 Å². The summed E-state index contributed by atoms with van der Waals surface area (Å²) in [5.74, 6) is 0. The number of benzene rings is 2. The van der Waals surface area contributed by atoms with Gasteiger partial charge in [0.05, 0.1) is 6.12 Å². The Balaban J connectivity index is 2.39. The Morgan fingerprint density at radius 2 is 1.83 bits per heavy atom. The van der Waals surface area contributed by atoms with Gasteiger partial charge in [0, 0.05) is 6.19 Å². The van der Waals surface area contributed by atoms with Gasteiger partial charge in [-0.2, -0.15) is 4.40 Å². The van der Waals surface area contributed by atoms with Gasteiger partial charge < -0.3 is 0 Å². The maximum absolute atomic E-state index is 11.9. The molecule has 0 saturated carbocycles. The van der Waals surface area contributed by atoms with Crippen LogP contribution in [0.3, 0.4) is 0 Å². The molecule has 18 heavy (non-hydrogen) atoms. The van der Waals surface area contributed by atoms with E-state index in [4.69, 9.17) is 1.37 Å². The van der Waals surface area contributed by atoms with Gasteiger partial charge in [0.1, 0.15) is 11.0 Å². The first-order valence-electron chi connectivity index (χ1n) is 6.34. The maximum Gasteiger partial charge on any atom is 0.144 e. The van der Waals surface area contributed by atoms with Crippen LogP contribution < -0.4 is 0 Å².